The van der Waals surface area contributed by atoms with Gasteiger partial charge in [0.05, 0.1) is 14.1 Å². The minimum Gasteiger partial charge on any atom is -0.327 e. The van der Waals surface area contributed by atoms with E-state index in [1.165, 1.54) is 4.90 Å². The van der Waals surface area contributed by atoms with Crippen LogP contribution >= 0.6 is 0 Å². The zero-order valence-corrected chi connectivity index (χ0v) is 4.71. The van der Waals surface area contributed by atoms with Crippen molar-refractivity contribution in [1.82, 2.24) is 5.32 Å². The normalized spacial score (nSPS) is 10.0. The van der Waals surface area contributed by atoms with E-state index in [0.29, 0.717) is 0 Å². The highest BCUT2D eigenvalue weighted by Gasteiger charge is 1.81. The summed E-state index contributed by atoms with van der Waals surface area (Å²) < 4.78 is 0. The molecule has 2 nitrogen and oxygen atoms in total. The first-order chi connectivity index (χ1) is 2.77. The van der Waals surface area contributed by atoms with Gasteiger partial charge in [-0.25, -0.2) is 0 Å². The summed E-state index contributed by atoms with van der Waals surface area (Å²) in [4.78, 5) is 1.43. The first kappa shape index (κ1) is 5.92. The predicted molar refractivity (Wildman–Crippen MR) is 26.7 cm³/mol. The van der Waals surface area contributed by atoms with E-state index in [-0.39, 0.29) is 0 Å². The molecule has 6 heavy (non-hydrogen) atoms. The summed E-state index contributed by atoms with van der Waals surface area (Å²) in [5.74, 6) is 0. The third kappa shape index (κ3) is 3.92. The Kier molecular flexibility index (Phi) is 3.08. The van der Waals surface area contributed by atoms with Crippen LogP contribution in [0.1, 0.15) is 0 Å². The fourth-order valence-electron chi connectivity index (χ4n) is 0.354. The zero-order valence-electron chi connectivity index (χ0n) is 4.71. The minimum atomic E-state index is 1.04. The quantitative estimate of drug-likeness (QED) is 0.386. The van der Waals surface area contributed by atoms with Gasteiger partial charge in [0.15, 0.2) is 0 Å². The topological polar surface area (TPSA) is 16.5 Å². The number of nitrogens with one attached hydrogen (secondary N) is 2. The molecule has 0 aliphatic rings. The van der Waals surface area contributed by atoms with Crippen molar-refractivity contribution in [1.29, 1.82) is 0 Å². The summed E-state index contributed by atoms with van der Waals surface area (Å²) in [5, 5.41) is 3.03. The zero-order chi connectivity index (χ0) is 4.99. The summed E-state index contributed by atoms with van der Waals surface area (Å²) in [7, 11) is 6.17. The van der Waals surface area contributed by atoms with Crippen LogP contribution < -0.4 is 10.2 Å². The van der Waals surface area contributed by atoms with Crippen LogP contribution in [0.15, 0.2) is 0 Å². The molecule has 2 N–H and O–H groups in total. The van der Waals surface area contributed by atoms with Gasteiger partial charge in [-0.15, -0.1) is 0 Å². The molecule has 0 unspecified atom stereocenters. The molecule has 0 spiro atoms. The molecule has 0 aliphatic carbocycles. The third-order valence-corrected chi connectivity index (χ3v) is 0.530. The molecule has 2 heteroatoms. The van der Waals surface area contributed by atoms with E-state index in [0.717, 1.165) is 6.67 Å². The summed E-state index contributed by atoms with van der Waals surface area (Å²) in [5.41, 5.74) is 0. The Hall–Kier alpha value is -0.0800. The first-order valence-electron chi connectivity index (χ1n) is 2.21. The van der Waals surface area contributed by atoms with Crippen LogP contribution in [0.5, 0.6) is 0 Å². The third-order valence-electron chi connectivity index (χ3n) is 0.530. The molecule has 0 aromatic carbocycles. The molecule has 0 amide bonds. The van der Waals surface area contributed by atoms with E-state index >= 15 is 0 Å². The van der Waals surface area contributed by atoms with Crippen LogP contribution in [-0.2, 0) is 0 Å². The Morgan fingerprint density at radius 1 is 1.50 bits per heavy atom. The molecule has 0 atom stereocenters. The highest BCUT2D eigenvalue weighted by atomic mass is 15.2. The van der Waals surface area contributed by atoms with Gasteiger partial charge >= 0.3 is 0 Å². The molecule has 0 aromatic heterocycles. The number of rotatable bonds is 2. The van der Waals surface area contributed by atoms with Gasteiger partial charge in [-0.1, -0.05) is 0 Å². The lowest BCUT2D eigenvalue weighted by molar-refractivity contribution is -0.861. The van der Waals surface area contributed by atoms with E-state index in [2.05, 4.69) is 19.4 Å². The van der Waals surface area contributed by atoms with Crippen molar-refractivity contribution in [2.75, 3.05) is 27.8 Å². The van der Waals surface area contributed by atoms with Crippen molar-refractivity contribution >= 4 is 0 Å². The molecular weight excluding hydrogens is 76.1 g/mol. The second kappa shape index (κ2) is 3.12. The maximum atomic E-state index is 3.03. The lowest BCUT2D eigenvalue weighted by Gasteiger charge is -2.02. The van der Waals surface area contributed by atoms with Gasteiger partial charge in [-0.05, 0) is 7.05 Å². The summed E-state index contributed by atoms with van der Waals surface area (Å²) >= 11 is 0. The Bertz CT molecular complexity index is 26.7. The SMILES string of the molecule is CNC[NH+](C)C. The van der Waals surface area contributed by atoms with Crippen molar-refractivity contribution in [3.63, 3.8) is 0 Å². The maximum Gasteiger partial charge on any atom is 0.130 e. The van der Waals surface area contributed by atoms with Crippen LogP contribution in [0, 0.1) is 0 Å². The molecule has 38 valence electrons. The number of hydrogen-bond donors (Lipinski definition) is 2. The summed E-state index contributed by atoms with van der Waals surface area (Å²) in [6, 6.07) is 0. The van der Waals surface area contributed by atoms with E-state index < -0.39 is 0 Å². The van der Waals surface area contributed by atoms with Crippen molar-refractivity contribution in [2.45, 2.75) is 0 Å². The fraction of sp³-hybridized carbons (Fsp3) is 1.00. The molecule has 0 saturated heterocycles. The average molecular weight is 89.2 g/mol. The molecule has 0 saturated carbocycles. The van der Waals surface area contributed by atoms with Crippen molar-refractivity contribution in [3.05, 3.63) is 0 Å². The molecule has 0 aliphatic heterocycles. The van der Waals surface area contributed by atoms with E-state index in [9.17, 15) is 0 Å². The van der Waals surface area contributed by atoms with Gasteiger partial charge in [0.2, 0.25) is 0 Å². The molecule has 0 radical (unpaired) electrons. The van der Waals surface area contributed by atoms with Crippen molar-refractivity contribution < 1.29 is 4.90 Å². The Morgan fingerprint density at radius 3 is 2.00 bits per heavy atom. The summed E-state index contributed by atoms with van der Waals surface area (Å²) in [6.07, 6.45) is 0. The second-order valence-electron chi connectivity index (χ2n) is 1.74. The van der Waals surface area contributed by atoms with Crippen LogP contribution in [0.2, 0.25) is 0 Å². The second-order valence-corrected chi connectivity index (χ2v) is 1.74. The average Bonchev–Trinajstić information content (AvgIpc) is 1.35. The smallest absolute Gasteiger partial charge is 0.130 e. The van der Waals surface area contributed by atoms with Crippen LogP contribution in [0.25, 0.3) is 0 Å². The maximum absolute atomic E-state index is 3.03. The molecular formula is C4H13N2+. The van der Waals surface area contributed by atoms with Crippen molar-refractivity contribution in [3.8, 4) is 0 Å². The van der Waals surface area contributed by atoms with Gasteiger partial charge in [-0.3, -0.25) is 5.32 Å². The largest absolute Gasteiger partial charge is 0.327 e. The Balaban J connectivity index is 2.63. The molecule has 0 heterocycles. The van der Waals surface area contributed by atoms with Gasteiger partial charge in [0.25, 0.3) is 0 Å². The number of quaternary nitrogens is 1. The van der Waals surface area contributed by atoms with Crippen molar-refractivity contribution in [2.24, 2.45) is 0 Å². The minimum absolute atomic E-state index is 1.04. The monoisotopic (exact) mass is 89.1 g/mol. The van der Waals surface area contributed by atoms with E-state index in [4.69, 9.17) is 0 Å². The van der Waals surface area contributed by atoms with E-state index in [1.807, 2.05) is 7.05 Å². The highest BCUT2D eigenvalue weighted by molar-refractivity contribution is 4.05. The number of hydrogen-bond acceptors (Lipinski definition) is 1. The van der Waals surface area contributed by atoms with E-state index in [1.54, 1.807) is 0 Å². The van der Waals surface area contributed by atoms with Gasteiger partial charge in [-0.2, -0.15) is 0 Å². The van der Waals surface area contributed by atoms with Gasteiger partial charge < -0.3 is 4.90 Å². The standard InChI is InChI=1S/C4H12N2/c1-5-4-6(2)3/h5H,4H2,1-3H3/p+1. The van der Waals surface area contributed by atoms with Crippen LogP contribution in [0.3, 0.4) is 0 Å². The molecule has 0 aromatic rings. The predicted octanol–water partition coefficient (Wildman–Crippen LogP) is -1.69. The highest BCUT2D eigenvalue weighted by Crippen LogP contribution is 1.21. The van der Waals surface area contributed by atoms with Gasteiger partial charge in [0.1, 0.15) is 6.67 Å². The Morgan fingerprint density at radius 2 is 2.00 bits per heavy atom. The van der Waals surface area contributed by atoms with Gasteiger partial charge in [0, 0.05) is 0 Å². The molecule has 0 bridgehead atoms. The lowest BCUT2D eigenvalue weighted by atomic mass is 10.9. The lowest BCUT2D eigenvalue weighted by Crippen LogP contribution is -3.07. The van der Waals surface area contributed by atoms with Crippen LogP contribution in [-0.4, -0.2) is 27.8 Å². The summed E-state index contributed by atoms with van der Waals surface area (Å²) in [6.45, 7) is 1.04. The fourth-order valence-corrected chi connectivity index (χ4v) is 0.354. The van der Waals surface area contributed by atoms with Crippen LogP contribution in [0.4, 0.5) is 0 Å². The first-order valence-corrected chi connectivity index (χ1v) is 2.21. The molecule has 0 fully saturated rings. The molecule has 0 rings (SSSR count). The Labute approximate surface area is 39.1 Å².